The first-order valence-electron chi connectivity index (χ1n) is 10.1. The first-order valence-corrected chi connectivity index (χ1v) is 13.3. The van der Waals surface area contributed by atoms with Crippen LogP contribution in [0.15, 0.2) is 6.07 Å². The number of carbonyl (C=O) groups excluding carboxylic acids is 6. The molecule has 0 heterocycles. The van der Waals surface area contributed by atoms with Gasteiger partial charge in [-0.25, -0.2) is 0 Å². The zero-order valence-corrected chi connectivity index (χ0v) is 26.0. The van der Waals surface area contributed by atoms with Gasteiger partial charge in [0.1, 0.15) is 12.7 Å². The number of esters is 4. The molecule has 2 N–H and O–H groups in total. The Bertz CT molecular complexity index is 1050. The Balaban J connectivity index is 3.19. The molecule has 15 heteroatoms. The summed E-state index contributed by atoms with van der Waals surface area (Å²) in [5, 5.41) is 5.32. The molecule has 2 amide bonds. The topological polar surface area (TPSA) is 163 Å². The van der Waals surface area contributed by atoms with Crippen LogP contribution in [0.25, 0.3) is 0 Å². The number of benzene rings is 1. The van der Waals surface area contributed by atoms with Crippen molar-refractivity contribution in [3.8, 4) is 0 Å². The summed E-state index contributed by atoms with van der Waals surface area (Å²) in [4.78, 5) is 70.5. The molecule has 0 spiro atoms. The van der Waals surface area contributed by atoms with E-state index in [1.165, 1.54) is 13.8 Å². The summed E-state index contributed by atoms with van der Waals surface area (Å²) < 4.78 is 21.6. The number of halogens is 3. The third kappa shape index (κ3) is 11.5. The molecular weight excluding hydrogens is 821 g/mol. The number of anilines is 2. The van der Waals surface area contributed by atoms with Crippen molar-refractivity contribution >= 4 is 115 Å². The molecule has 2 unspecified atom stereocenters. The number of rotatable bonds is 11. The fourth-order valence-electron chi connectivity index (χ4n) is 2.61. The minimum Gasteiger partial charge on any atom is -0.462 e. The Morgan fingerprint density at radius 3 is 1.81 bits per heavy atom. The van der Waals surface area contributed by atoms with Gasteiger partial charge in [-0.1, -0.05) is 0 Å². The van der Waals surface area contributed by atoms with E-state index in [-0.39, 0.29) is 13.0 Å². The summed E-state index contributed by atoms with van der Waals surface area (Å²) in [6.45, 7) is 3.79. The highest BCUT2D eigenvalue weighted by Crippen LogP contribution is 2.35. The van der Waals surface area contributed by atoms with Gasteiger partial charge in [0.05, 0.1) is 14.9 Å². The van der Waals surface area contributed by atoms with Gasteiger partial charge in [-0.05, 0) is 73.8 Å². The molecule has 1 aromatic carbocycles. The molecule has 0 fully saturated rings. The fraction of sp³-hybridized carbons (Fsp3) is 0.429. The third-order valence-corrected chi connectivity index (χ3v) is 6.75. The Morgan fingerprint density at radius 2 is 1.31 bits per heavy atom. The summed E-state index contributed by atoms with van der Waals surface area (Å²) >= 11 is 5.92. The molecule has 0 aliphatic carbocycles. The minimum atomic E-state index is -1.39. The average molecular weight is 844 g/mol. The lowest BCUT2D eigenvalue weighted by molar-refractivity contribution is -0.163. The Hall–Kier alpha value is -1.77. The fourth-order valence-corrected chi connectivity index (χ4v) is 6.52. The Labute approximate surface area is 247 Å². The van der Waals surface area contributed by atoms with Gasteiger partial charge in [0, 0.05) is 41.3 Å². The standard InChI is InChI=1S/C21H23I3N2O10/c1-9(27)33-7-13(35-11(3)29)5-16(36-12(4)30)21(32)26-20-15(23)6-14(22)19(18(20)24)25-17(31)8-34-10(2)28/h6,13,16H,5,7-8H2,1-4H3,(H,25,31)(H,26,32). The Kier molecular flexibility index (Phi) is 13.9. The highest BCUT2D eigenvalue weighted by Gasteiger charge is 2.30. The lowest BCUT2D eigenvalue weighted by Crippen LogP contribution is -2.38. The Morgan fingerprint density at radius 1 is 0.778 bits per heavy atom. The number of hydrogen-bond acceptors (Lipinski definition) is 10. The van der Waals surface area contributed by atoms with Crippen molar-refractivity contribution in [2.75, 3.05) is 23.8 Å². The zero-order valence-electron chi connectivity index (χ0n) is 19.6. The SMILES string of the molecule is CC(=O)OCC(=O)Nc1c(I)cc(I)c(NC(=O)C(CC(COC(C)=O)OC(C)=O)OC(C)=O)c1I. The monoisotopic (exact) mass is 844 g/mol. The van der Waals surface area contributed by atoms with Crippen LogP contribution in [-0.2, 0) is 47.7 Å². The van der Waals surface area contributed by atoms with Crippen molar-refractivity contribution < 1.29 is 47.7 Å². The van der Waals surface area contributed by atoms with Gasteiger partial charge in [0.2, 0.25) is 0 Å². The summed E-state index contributed by atoms with van der Waals surface area (Å²) in [6, 6.07) is 1.70. The van der Waals surface area contributed by atoms with Gasteiger partial charge >= 0.3 is 23.9 Å². The first kappa shape index (κ1) is 32.3. The second-order valence-electron chi connectivity index (χ2n) is 7.09. The van der Waals surface area contributed by atoms with Crippen LogP contribution in [0.3, 0.4) is 0 Å². The maximum absolute atomic E-state index is 13.1. The summed E-state index contributed by atoms with van der Waals surface area (Å²) in [5.41, 5.74) is 0.700. The van der Waals surface area contributed by atoms with Crippen molar-refractivity contribution in [3.05, 3.63) is 16.8 Å². The van der Waals surface area contributed by atoms with Crippen molar-refractivity contribution in [3.63, 3.8) is 0 Å². The van der Waals surface area contributed by atoms with Gasteiger partial charge in [0.25, 0.3) is 11.8 Å². The normalized spacial score (nSPS) is 12.0. The highest BCUT2D eigenvalue weighted by molar-refractivity contribution is 14.1. The highest BCUT2D eigenvalue weighted by atomic mass is 127. The molecule has 2 atom stereocenters. The molecule has 198 valence electrons. The third-order valence-electron chi connectivity index (χ3n) is 3.97. The molecule has 36 heavy (non-hydrogen) atoms. The summed E-state index contributed by atoms with van der Waals surface area (Å²) in [5.74, 6) is -3.97. The number of carbonyl (C=O) groups is 6. The largest absolute Gasteiger partial charge is 0.462 e. The molecule has 0 saturated heterocycles. The second-order valence-corrected chi connectivity index (χ2v) is 10.5. The maximum Gasteiger partial charge on any atom is 0.303 e. The quantitative estimate of drug-likeness (QED) is 0.193. The van der Waals surface area contributed by atoms with Gasteiger partial charge in [-0.2, -0.15) is 0 Å². The predicted octanol–water partition coefficient (Wildman–Crippen LogP) is 2.76. The minimum absolute atomic E-state index is 0.276. The van der Waals surface area contributed by atoms with E-state index >= 15 is 0 Å². The lowest BCUT2D eigenvalue weighted by atomic mass is 10.1. The van der Waals surface area contributed by atoms with E-state index in [0.717, 1.165) is 13.8 Å². The molecule has 0 aromatic heterocycles. The molecular formula is C21H23I3N2O10. The van der Waals surface area contributed by atoms with Gasteiger partial charge < -0.3 is 29.6 Å². The van der Waals surface area contributed by atoms with Crippen LogP contribution in [0.2, 0.25) is 0 Å². The zero-order chi connectivity index (χ0) is 27.6. The van der Waals surface area contributed by atoms with Crippen molar-refractivity contribution in [1.82, 2.24) is 0 Å². The van der Waals surface area contributed by atoms with Gasteiger partial charge in [0.15, 0.2) is 12.7 Å². The van der Waals surface area contributed by atoms with Crippen LogP contribution < -0.4 is 10.6 Å². The predicted molar refractivity (Wildman–Crippen MR) is 151 cm³/mol. The lowest BCUT2D eigenvalue weighted by Gasteiger charge is -2.23. The summed E-state index contributed by atoms with van der Waals surface area (Å²) in [6.07, 6.45) is -2.72. The van der Waals surface area contributed by atoms with Crippen molar-refractivity contribution in [2.24, 2.45) is 0 Å². The molecule has 0 radical (unpaired) electrons. The molecule has 12 nitrogen and oxygen atoms in total. The van der Waals surface area contributed by atoms with E-state index in [1.807, 2.05) is 67.8 Å². The molecule has 1 rings (SSSR count). The van der Waals surface area contributed by atoms with E-state index in [9.17, 15) is 28.8 Å². The number of ether oxygens (including phenoxy) is 4. The molecule has 0 aliphatic rings. The maximum atomic E-state index is 13.1. The molecule has 0 bridgehead atoms. The number of nitrogens with one attached hydrogen (secondary N) is 2. The first-order chi connectivity index (χ1) is 16.7. The van der Waals surface area contributed by atoms with E-state index in [1.54, 1.807) is 6.07 Å². The van der Waals surface area contributed by atoms with E-state index in [4.69, 9.17) is 18.9 Å². The van der Waals surface area contributed by atoms with Crippen LogP contribution >= 0.6 is 67.8 Å². The number of amides is 2. The van der Waals surface area contributed by atoms with Crippen LogP contribution in [0.4, 0.5) is 11.4 Å². The van der Waals surface area contributed by atoms with Crippen molar-refractivity contribution in [1.29, 1.82) is 0 Å². The second kappa shape index (κ2) is 15.5. The van der Waals surface area contributed by atoms with E-state index in [2.05, 4.69) is 10.6 Å². The van der Waals surface area contributed by atoms with Crippen LogP contribution in [-0.4, -0.2) is 61.1 Å². The van der Waals surface area contributed by atoms with Crippen LogP contribution in [0.5, 0.6) is 0 Å². The summed E-state index contributed by atoms with van der Waals surface area (Å²) in [7, 11) is 0. The molecule has 0 saturated carbocycles. The smallest absolute Gasteiger partial charge is 0.303 e. The van der Waals surface area contributed by atoms with Crippen molar-refractivity contribution in [2.45, 2.75) is 46.3 Å². The number of hydrogen-bond donors (Lipinski definition) is 2. The molecule has 1 aromatic rings. The van der Waals surface area contributed by atoms with E-state index in [0.29, 0.717) is 22.1 Å². The van der Waals surface area contributed by atoms with Crippen LogP contribution in [0.1, 0.15) is 34.1 Å². The van der Waals surface area contributed by atoms with Gasteiger partial charge in [-0.3, -0.25) is 28.8 Å². The van der Waals surface area contributed by atoms with Gasteiger partial charge in [-0.15, -0.1) is 0 Å². The average Bonchev–Trinajstić information content (AvgIpc) is 2.75. The van der Waals surface area contributed by atoms with Crippen LogP contribution in [0, 0.1) is 10.7 Å². The van der Waals surface area contributed by atoms with E-state index < -0.39 is 54.5 Å². The molecule has 0 aliphatic heterocycles.